The minimum atomic E-state index is -0.650. The minimum absolute atomic E-state index is 0.343. The fraction of sp³-hybridized carbons (Fsp3) is 0.786. The molecule has 1 heterocycles. The molecule has 1 saturated heterocycles. The molecule has 0 N–H and O–H groups in total. The van der Waals surface area contributed by atoms with Crippen LogP contribution < -0.4 is 0 Å². The second-order valence-corrected chi connectivity index (χ2v) is 7.11. The van der Waals surface area contributed by atoms with Crippen molar-refractivity contribution in [2.24, 2.45) is 0 Å². The third kappa shape index (κ3) is 4.95. The van der Waals surface area contributed by atoms with E-state index in [1.54, 1.807) is 20.8 Å². The van der Waals surface area contributed by atoms with E-state index in [4.69, 9.17) is 4.74 Å². The molecule has 0 spiro atoms. The highest BCUT2D eigenvalue weighted by Crippen LogP contribution is 2.20. The summed E-state index contributed by atoms with van der Waals surface area (Å²) in [6.45, 7) is 5.94. The second-order valence-electron chi connectivity index (χ2n) is 6.46. The molecule has 7 nitrogen and oxygen atoms in total. The van der Waals surface area contributed by atoms with Gasteiger partial charge >= 0.3 is 12.0 Å². The van der Waals surface area contributed by atoms with E-state index >= 15 is 0 Å². The Bertz CT molecular complexity index is 448. The van der Waals surface area contributed by atoms with Crippen molar-refractivity contribution >= 4 is 33.8 Å². The van der Waals surface area contributed by atoms with Crippen LogP contribution in [0.2, 0.25) is 0 Å². The van der Waals surface area contributed by atoms with Crippen LogP contribution in [0.3, 0.4) is 0 Å². The van der Waals surface area contributed by atoms with E-state index in [1.807, 2.05) is 19.0 Å². The number of hydrogen-bond donors (Lipinski definition) is 0. The maximum absolute atomic E-state index is 12.4. The fourth-order valence-electron chi connectivity index (χ4n) is 2.05. The summed E-state index contributed by atoms with van der Waals surface area (Å²) in [5, 5.41) is 0.343. The van der Waals surface area contributed by atoms with Gasteiger partial charge in [-0.2, -0.15) is 0 Å². The normalized spacial score (nSPS) is 19.3. The number of imide groups is 1. The Kier molecular flexibility index (Phi) is 6.37. The van der Waals surface area contributed by atoms with Crippen molar-refractivity contribution in [3.63, 3.8) is 0 Å². The number of nitrogens with zero attached hydrogens (tertiary/aromatic N) is 3. The number of likely N-dealkylation sites (N-methyl/N-ethyl adjacent to an activating group) is 1. The summed E-state index contributed by atoms with van der Waals surface area (Å²) in [6.07, 6.45) is 0. The molecule has 0 radical (unpaired) electrons. The van der Waals surface area contributed by atoms with Crippen molar-refractivity contribution in [2.75, 3.05) is 39.1 Å². The molecule has 1 aliphatic rings. The number of esters is 1. The van der Waals surface area contributed by atoms with Gasteiger partial charge < -0.3 is 14.5 Å². The van der Waals surface area contributed by atoms with Crippen LogP contribution in [0.25, 0.3) is 0 Å². The van der Waals surface area contributed by atoms with Gasteiger partial charge in [-0.3, -0.25) is 14.5 Å². The van der Waals surface area contributed by atoms with Crippen molar-refractivity contribution in [3.05, 3.63) is 0 Å². The maximum atomic E-state index is 12.4. The SMILES string of the molecule is CN(C)CCN1C(=O)N(CC(=O)OC(C)(C)C)C(=O)C1CBr. The Labute approximate surface area is 139 Å². The molecule has 1 rings (SSSR count). The number of amides is 3. The van der Waals surface area contributed by atoms with Crippen molar-refractivity contribution in [3.8, 4) is 0 Å². The molecule has 0 aromatic rings. The van der Waals surface area contributed by atoms with Crippen LogP contribution in [-0.4, -0.2) is 83.3 Å². The minimum Gasteiger partial charge on any atom is -0.459 e. The van der Waals surface area contributed by atoms with E-state index in [0.717, 1.165) is 4.90 Å². The third-order valence-corrected chi connectivity index (χ3v) is 3.66. The smallest absolute Gasteiger partial charge is 0.328 e. The molecule has 3 amide bonds. The van der Waals surface area contributed by atoms with Crippen molar-refractivity contribution in [2.45, 2.75) is 32.4 Å². The first-order valence-corrected chi connectivity index (χ1v) is 8.23. The summed E-state index contributed by atoms with van der Waals surface area (Å²) in [5.41, 5.74) is -0.650. The van der Waals surface area contributed by atoms with Crippen molar-refractivity contribution in [1.29, 1.82) is 0 Å². The standard InChI is InChI=1S/C14H24BrN3O4/c1-14(2,3)22-11(19)9-18-12(20)10(8-15)17(13(18)21)7-6-16(4)5/h10H,6-9H2,1-5H3. The zero-order valence-electron chi connectivity index (χ0n) is 13.8. The van der Waals surface area contributed by atoms with Gasteiger partial charge in [0.2, 0.25) is 0 Å². The molecule has 1 atom stereocenters. The van der Waals surface area contributed by atoms with Crippen LogP contribution in [0.4, 0.5) is 4.79 Å². The Morgan fingerprint density at radius 3 is 2.36 bits per heavy atom. The molecule has 126 valence electrons. The summed E-state index contributed by atoms with van der Waals surface area (Å²) in [7, 11) is 3.79. The molecular weight excluding hydrogens is 354 g/mol. The lowest BCUT2D eigenvalue weighted by Gasteiger charge is -2.23. The molecule has 1 unspecified atom stereocenters. The van der Waals surface area contributed by atoms with Crippen LogP contribution in [0.15, 0.2) is 0 Å². The number of hydrogen-bond acceptors (Lipinski definition) is 5. The predicted molar refractivity (Wildman–Crippen MR) is 85.8 cm³/mol. The Morgan fingerprint density at radius 1 is 1.32 bits per heavy atom. The average Bonchev–Trinajstić information content (AvgIpc) is 2.57. The highest BCUT2D eigenvalue weighted by Gasteiger charge is 2.45. The van der Waals surface area contributed by atoms with Gasteiger partial charge in [0.1, 0.15) is 18.2 Å². The number of carbonyl (C=O) groups excluding carboxylic acids is 3. The first-order valence-electron chi connectivity index (χ1n) is 7.11. The van der Waals surface area contributed by atoms with Crippen LogP contribution in [0.1, 0.15) is 20.8 Å². The molecule has 1 aliphatic heterocycles. The van der Waals surface area contributed by atoms with Crippen LogP contribution in [-0.2, 0) is 14.3 Å². The molecule has 0 saturated carbocycles. The molecule has 1 fully saturated rings. The molecule has 0 aliphatic carbocycles. The predicted octanol–water partition coefficient (Wildman–Crippen LogP) is 0.917. The first kappa shape index (κ1) is 18.9. The first-order chi connectivity index (χ1) is 10.1. The van der Waals surface area contributed by atoms with E-state index in [9.17, 15) is 14.4 Å². The summed E-state index contributed by atoms with van der Waals surface area (Å²) < 4.78 is 5.18. The molecule has 0 aromatic carbocycles. The van der Waals surface area contributed by atoms with Crippen LogP contribution in [0.5, 0.6) is 0 Å². The molecule has 0 aromatic heterocycles. The van der Waals surface area contributed by atoms with Gasteiger partial charge in [0.05, 0.1) is 0 Å². The molecular formula is C14H24BrN3O4. The van der Waals surface area contributed by atoms with E-state index < -0.39 is 23.6 Å². The summed E-state index contributed by atoms with van der Waals surface area (Å²) in [5.74, 6) is -0.955. The van der Waals surface area contributed by atoms with Gasteiger partial charge in [-0.1, -0.05) is 15.9 Å². The lowest BCUT2D eigenvalue weighted by molar-refractivity contribution is -0.157. The average molecular weight is 378 g/mol. The number of urea groups is 1. The Hall–Kier alpha value is -1.15. The lowest BCUT2D eigenvalue weighted by Crippen LogP contribution is -2.41. The summed E-state index contributed by atoms with van der Waals surface area (Å²) >= 11 is 3.26. The van der Waals surface area contributed by atoms with Gasteiger partial charge in [-0.25, -0.2) is 4.79 Å². The number of halogens is 1. The fourth-order valence-corrected chi connectivity index (χ4v) is 2.68. The zero-order valence-corrected chi connectivity index (χ0v) is 15.3. The molecule has 22 heavy (non-hydrogen) atoms. The van der Waals surface area contributed by atoms with Crippen LogP contribution in [0, 0.1) is 0 Å². The van der Waals surface area contributed by atoms with E-state index in [2.05, 4.69) is 15.9 Å². The number of ether oxygens (including phenoxy) is 1. The highest BCUT2D eigenvalue weighted by molar-refractivity contribution is 9.09. The summed E-state index contributed by atoms with van der Waals surface area (Å²) in [6, 6.07) is -1.02. The molecule has 0 bridgehead atoms. The Balaban J connectivity index is 2.78. The Morgan fingerprint density at radius 2 is 1.91 bits per heavy atom. The van der Waals surface area contributed by atoms with Crippen LogP contribution >= 0.6 is 15.9 Å². The quantitative estimate of drug-likeness (QED) is 0.391. The van der Waals surface area contributed by atoms with E-state index in [1.165, 1.54) is 4.90 Å². The lowest BCUT2D eigenvalue weighted by atomic mass is 10.2. The van der Waals surface area contributed by atoms with E-state index in [0.29, 0.717) is 18.4 Å². The van der Waals surface area contributed by atoms with Gasteiger partial charge in [-0.15, -0.1) is 0 Å². The van der Waals surface area contributed by atoms with Crippen molar-refractivity contribution in [1.82, 2.24) is 14.7 Å². The zero-order chi connectivity index (χ0) is 17.1. The monoisotopic (exact) mass is 377 g/mol. The second kappa shape index (κ2) is 7.41. The number of carbonyl (C=O) groups is 3. The largest absolute Gasteiger partial charge is 0.459 e. The van der Waals surface area contributed by atoms with Gasteiger partial charge in [0.25, 0.3) is 5.91 Å². The third-order valence-electron chi connectivity index (χ3n) is 3.05. The van der Waals surface area contributed by atoms with E-state index in [-0.39, 0.29) is 12.5 Å². The molecule has 8 heteroatoms. The van der Waals surface area contributed by atoms with Gasteiger partial charge in [0.15, 0.2) is 0 Å². The highest BCUT2D eigenvalue weighted by atomic mass is 79.9. The van der Waals surface area contributed by atoms with Gasteiger partial charge in [-0.05, 0) is 34.9 Å². The topological polar surface area (TPSA) is 70.2 Å². The van der Waals surface area contributed by atoms with Crippen molar-refractivity contribution < 1.29 is 19.1 Å². The number of rotatable bonds is 6. The van der Waals surface area contributed by atoms with Gasteiger partial charge in [0, 0.05) is 18.4 Å². The summed E-state index contributed by atoms with van der Waals surface area (Å²) in [4.78, 5) is 41.0. The maximum Gasteiger partial charge on any atom is 0.328 e. The number of alkyl halides is 1.